The zero-order valence-electron chi connectivity index (χ0n) is 9.55. The molecule has 0 aromatic heterocycles. The van der Waals surface area contributed by atoms with Crippen LogP contribution >= 0.6 is 0 Å². The van der Waals surface area contributed by atoms with Crippen LogP contribution in [0.25, 0.3) is 0 Å². The summed E-state index contributed by atoms with van der Waals surface area (Å²) < 4.78 is 5.19. The summed E-state index contributed by atoms with van der Waals surface area (Å²) in [5.74, 6) is -0.131. The van der Waals surface area contributed by atoms with E-state index < -0.39 is 0 Å². The maximum absolute atomic E-state index is 11.3. The minimum Gasteiger partial charge on any atom is -0.460 e. The highest BCUT2D eigenvalue weighted by Gasteiger charge is 2.18. The predicted octanol–water partition coefficient (Wildman–Crippen LogP) is 1.67. The molecular weight excluding hydrogens is 166 g/mol. The Kier molecular flexibility index (Phi) is 4.40. The number of carbonyl (C=O) groups excluding carboxylic acids is 1. The third-order valence-electron chi connectivity index (χ3n) is 1.76. The largest absolute Gasteiger partial charge is 0.460 e. The van der Waals surface area contributed by atoms with Gasteiger partial charge >= 0.3 is 5.97 Å². The van der Waals surface area contributed by atoms with Crippen LogP contribution in [0.4, 0.5) is 0 Å². The van der Waals surface area contributed by atoms with Gasteiger partial charge < -0.3 is 9.64 Å². The Bertz CT molecular complexity index is 170. The number of rotatable bonds is 3. The highest BCUT2D eigenvalue weighted by atomic mass is 16.6. The number of carbonyl (C=O) groups is 1. The Morgan fingerprint density at radius 2 is 1.85 bits per heavy atom. The molecule has 0 N–H and O–H groups in total. The second-order valence-electron chi connectivity index (χ2n) is 4.60. The van der Waals surface area contributed by atoms with Crippen LogP contribution in [0.2, 0.25) is 0 Å². The molecule has 0 aliphatic heterocycles. The molecule has 1 unspecified atom stereocenters. The first kappa shape index (κ1) is 12.4. The fourth-order valence-electron chi connectivity index (χ4n) is 0.807. The topological polar surface area (TPSA) is 29.5 Å². The van der Waals surface area contributed by atoms with E-state index in [4.69, 9.17) is 4.74 Å². The first-order chi connectivity index (χ1) is 5.72. The minimum atomic E-state index is -0.372. The summed E-state index contributed by atoms with van der Waals surface area (Å²) in [4.78, 5) is 13.3. The molecule has 13 heavy (non-hydrogen) atoms. The van der Waals surface area contributed by atoms with E-state index in [0.29, 0.717) is 6.42 Å². The summed E-state index contributed by atoms with van der Waals surface area (Å²) >= 11 is 0. The van der Waals surface area contributed by atoms with Gasteiger partial charge in [0, 0.05) is 6.04 Å². The maximum Gasteiger partial charge on any atom is 0.307 e. The van der Waals surface area contributed by atoms with E-state index in [0.717, 1.165) is 0 Å². The summed E-state index contributed by atoms with van der Waals surface area (Å²) in [6.07, 6.45) is 0.449. The van der Waals surface area contributed by atoms with Gasteiger partial charge in [0.05, 0.1) is 6.42 Å². The van der Waals surface area contributed by atoms with E-state index in [1.54, 1.807) is 0 Å². The summed E-state index contributed by atoms with van der Waals surface area (Å²) in [5.41, 5.74) is -0.372. The first-order valence-corrected chi connectivity index (χ1v) is 4.60. The standard InChI is InChI=1S/C10H21NO2/c1-8(11(5)6)7-9(12)13-10(2,3)4/h8H,7H2,1-6H3. The second-order valence-corrected chi connectivity index (χ2v) is 4.60. The van der Waals surface area contributed by atoms with Crippen molar-refractivity contribution in [2.24, 2.45) is 0 Å². The van der Waals surface area contributed by atoms with Gasteiger partial charge in [0.25, 0.3) is 0 Å². The van der Waals surface area contributed by atoms with E-state index in [-0.39, 0.29) is 17.6 Å². The SMILES string of the molecule is CC(CC(=O)OC(C)(C)C)N(C)C. The molecule has 0 heterocycles. The molecule has 1 atom stereocenters. The smallest absolute Gasteiger partial charge is 0.307 e. The van der Waals surface area contributed by atoms with E-state index >= 15 is 0 Å². The minimum absolute atomic E-state index is 0.131. The van der Waals surface area contributed by atoms with Crippen LogP contribution in [0.15, 0.2) is 0 Å². The van der Waals surface area contributed by atoms with Crippen molar-refractivity contribution >= 4 is 5.97 Å². The highest BCUT2D eigenvalue weighted by Crippen LogP contribution is 2.10. The van der Waals surface area contributed by atoms with Gasteiger partial charge in [0.1, 0.15) is 5.60 Å². The first-order valence-electron chi connectivity index (χ1n) is 4.60. The van der Waals surface area contributed by atoms with Gasteiger partial charge in [-0.1, -0.05) is 0 Å². The Hall–Kier alpha value is -0.570. The fraction of sp³-hybridized carbons (Fsp3) is 0.900. The molecule has 0 bridgehead atoms. The summed E-state index contributed by atoms with van der Waals surface area (Å²) in [6.45, 7) is 7.64. The van der Waals surface area contributed by atoms with Crippen LogP contribution in [0.3, 0.4) is 0 Å². The Balaban J connectivity index is 3.89. The van der Waals surface area contributed by atoms with Gasteiger partial charge in [-0.15, -0.1) is 0 Å². The lowest BCUT2D eigenvalue weighted by molar-refractivity contribution is -0.155. The average molecular weight is 187 g/mol. The predicted molar refractivity (Wildman–Crippen MR) is 53.6 cm³/mol. The molecule has 0 aromatic rings. The number of hydrogen-bond acceptors (Lipinski definition) is 3. The molecule has 0 aliphatic carbocycles. The molecule has 3 heteroatoms. The van der Waals surface area contributed by atoms with Crippen molar-refractivity contribution in [2.75, 3.05) is 14.1 Å². The van der Waals surface area contributed by atoms with Gasteiger partial charge in [-0.2, -0.15) is 0 Å². The number of ether oxygens (including phenoxy) is 1. The lowest BCUT2D eigenvalue weighted by Crippen LogP contribution is -2.31. The van der Waals surface area contributed by atoms with Crippen molar-refractivity contribution in [3.8, 4) is 0 Å². The third kappa shape index (κ3) is 6.58. The molecular formula is C10H21NO2. The third-order valence-corrected chi connectivity index (χ3v) is 1.76. The normalized spacial score (nSPS) is 14.4. The van der Waals surface area contributed by atoms with Gasteiger partial charge in [-0.25, -0.2) is 0 Å². The van der Waals surface area contributed by atoms with Gasteiger partial charge in [0.15, 0.2) is 0 Å². The summed E-state index contributed by atoms with van der Waals surface area (Å²) in [6, 6.07) is 0.231. The fourth-order valence-corrected chi connectivity index (χ4v) is 0.807. The van der Waals surface area contributed by atoms with Crippen molar-refractivity contribution in [1.29, 1.82) is 0 Å². The van der Waals surface area contributed by atoms with Crippen LogP contribution in [0.5, 0.6) is 0 Å². The molecule has 0 saturated carbocycles. The maximum atomic E-state index is 11.3. The van der Waals surface area contributed by atoms with Gasteiger partial charge in [-0.3, -0.25) is 4.79 Å². The van der Waals surface area contributed by atoms with Crippen molar-refractivity contribution < 1.29 is 9.53 Å². The molecule has 0 aliphatic rings. The molecule has 0 radical (unpaired) electrons. The zero-order valence-corrected chi connectivity index (χ0v) is 9.55. The Morgan fingerprint density at radius 3 is 2.15 bits per heavy atom. The lowest BCUT2D eigenvalue weighted by atomic mass is 10.2. The van der Waals surface area contributed by atoms with E-state index in [1.807, 2.05) is 46.7 Å². The van der Waals surface area contributed by atoms with Crippen LogP contribution in [0, 0.1) is 0 Å². The number of esters is 1. The molecule has 0 saturated heterocycles. The molecule has 0 fully saturated rings. The Morgan fingerprint density at radius 1 is 1.38 bits per heavy atom. The van der Waals surface area contributed by atoms with E-state index in [1.165, 1.54) is 0 Å². The van der Waals surface area contributed by atoms with Gasteiger partial charge in [-0.05, 0) is 41.8 Å². The van der Waals surface area contributed by atoms with E-state index in [2.05, 4.69) is 0 Å². The van der Waals surface area contributed by atoms with E-state index in [9.17, 15) is 4.79 Å². The molecule has 0 rings (SSSR count). The molecule has 78 valence electrons. The quantitative estimate of drug-likeness (QED) is 0.629. The van der Waals surface area contributed by atoms with Crippen molar-refractivity contribution in [1.82, 2.24) is 4.90 Å². The van der Waals surface area contributed by atoms with Crippen LogP contribution in [-0.4, -0.2) is 36.6 Å². The average Bonchev–Trinajstić information content (AvgIpc) is 1.81. The molecule has 0 amide bonds. The molecule has 0 spiro atoms. The number of hydrogen-bond donors (Lipinski definition) is 0. The molecule has 3 nitrogen and oxygen atoms in total. The zero-order chi connectivity index (χ0) is 10.6. The number of nitrogens with zero attached hydrogens (tertiary/aromatic N) is 1. The van der Waals surface area contributed by atoms with Crippen LogP contribution in [-0.2, 0) is 9.53 Å². The monoisotopic (exact) mass is 187 g/mol. The molecule has 0 aromatic carbocycles. The van der Waals surface area contributed by atoms with Crippen molar-refractivity contribution in [2.45, 2.75) is 45.8 Å². The van der Waals surface area contributed by atoms with Gasteiger partial charge in [0.2, 0.25) is 0 Å². The van der Waals surface area contributed by atoms with Crippen LogP contribution in [0.1, 0.15) is 34.1 Å². The highest BCUT2D eigenvalue weighted by molar-refractivity contribution is 5.70. The van der Waals surface area contributed by atoms with Crippen molar-refractivity contribution in [3.63, 3.8) is 0 Å². The Labute approximate surface area is 81.1 Å². The second kappa shape index (κ2) is 4.61. The summed E-state index contributed by atoms with van der Waals surface area (Å²) in [5, 5.41) is 0. The van der Waals surface area contributed by atoms with Crippen molar-refractivity contribution in [3.05, 3.63) is 0 Å². The van der Waals surface area contributed by atoms with Crippen LogP contribution < -0.4 is 0 Å². The summed E-state index contributed by atoms with van der Waals surface area (Å²) in [7, 11) is 3.91. The lowest BCUT2D eigenvalue weighted by Gasteiger charge is -2.23.